The van der Waals surface area contributed by atoms with Crippen LogP contribution >= 0.6 is 11.8 Å². The number of nitrogens with zero attached hydrogens (tertiary/aromatic N) is 3. The summed E-state index contributed by atoms with van der Waals surface area (Å²) in [4.78, 5) is 13.9. The topological polar surface area (TPSA) is 58.9 Å². The number of hydrogen-bond acceptors (Lipinski definition) is 5. The zero-order chi connectivity index (χ0) is 13.1. The van der Waals surface area contributed by atoms with Crippen LogP contribution < -0.4 is 0 Å². The molecule has 0 radical (unpaired) electrons. The Bertz CT molecular complexity index is 520. The number of aliphatic hydroxyl groups is 1. The molecule has 1 atom stereocenters. The minimum Gasteiger partial charge on any atom is -0.387 e. The lowest BCUT2D eigenvalue weighted by atomic mass is 10.2. The molecule has 2 aromatic heterocycles. The van der Waals surface area contributed by atoms with E-state index in [1.807, 2.05) is 32.0 Å². The van der Waals surface area contributed by atoms with E-state index in [0.29, 0.717) is 5.69 Å². The molecule has 0 aliphatic heterocycles. The van der Waals surface area contributed by atoms with E-state index in [1.54, 1.807) is 13.1 Å². The molecule has 2 aromatic rings. The van der Waals surface area contributed by atoms with Gasteiger partial charge in [-0.15, -0.1) is 0 Å². The van der Waals surface area contributed by atoms with Crippen LogP contribution in [0.5, 0.6) is 0 Å². The highest BCUT2D eigenvalue weighted by atomic mass is 32.2. The highest BCUT2D eigenvalue weighted by Crippen LogP contribution is 2.25. The summed E-state index contributed by atoms with van der Waals surface area (Å²) in [6.07, 6.45) is 1.19. The van der Waals surface area contributed by atoms with Gasteiger partial charge in [-0.25, -0.2) is 9.97 Å². The van der Waals surface area contributed by atoms with Gasteiger partial charge in [-0.1, -0.05) is 0 Å². The van der Waals surface area contributed by atoms with Gasteiger partial charge >= 0.3 is 0 Å². The van der Waals surface area contributed by atoms with Crippen LogP contribution in [0.15, 0.2) is 34.4 Å². The van der Waals surface area contributed by atoms with Crippen LogP contribution in [0, 0.1) is 13.8 Å². The summed E-state index contributed by atoms with van der Waals surface area (Å²) < 4.78 is 0. The van der Waals surface area contributed by atoms with Crippen LogP contribution in [0.3, 0.4) is 0 Å². The molecule has 0 aliphatic carbocycles. The second-order valence-corrected chi connectivity index (χ2v) is 5.17. The fourth-order valence-corrected chi connectivity index (χ4v) is 2.38. The number of aromatic nitrogens is 3. The van der Waals surface area contributed by atoms with E-state index in [4.69, 9.17) is 0 Å². The zero-order valence-electron chi connectivity index (χ0n) is 10.6. The molecule has 94 valence electrons. The minimum absolute atomic E-state index is 0.540. The Balaban J connectivity index is 2.18. The van der Waals surface area contributed by atoms with Gasteiger partial charge in [0.1, 0.15) is 0 Å². The molecule has 0 spiro atoms. The summed E-state index contributed by atoms with van der Waals surface area (Å²) in [6.45, 7) is 5.60. The van der Waals surface area contributed by atoms with Crippen LogP contribution in [0.4, 0.5) is 0 Å². The first-order valence-corrected chi connectivity index (χ1v) is 6.50. The largest absolute Gasteiger partial charge is 0.387 e. The van der Waals surface area contributed by atoms with Crippen molar-refractivity contribution < 1.29 is 5.11 Å². The van der Waals surface area contributed by atoms with Crippen molar-refractivity contribution in [3.05, 3.63) is 41.5 Å². The molecule has 0 aromatic carbocycles. The van der Waals surface area contributed by atoms with E-state index < -0.39 is 6.10 Å². The summed E-state index contributed by atoms with van der Waals surface area (Å²) in [7, 11) is 0. The Morgan fingerprint density at radius 2 is 1.83 bits per heavy atom. The number of pyridine rings is 1. The first kappa shape index (κ1) is 13.0. The number of rotatable bonds is 3. The summed E-state index contributed by atoms with van der Waals surface area (Å²) in [5, 5.41) is 10.1. The second-order valence-electron chi connectivity index (χ2n) is 4.13. The van der Waals surface area contributed by atoms with Gasteiger partial charge in [0.25, 0.3) is 0 Å². The molecule has 0 fully saturated rings. The van der Waals surface area contributed by atoms with Gasteiger partial charge in [0, 0.05) is 22.5 Å². The van der Waals surface area contributed by atoms with E-state index in [1.165, 1.54) is 11.8 Å². The van der Waals surface area contributed by atoms with Crippen molar-refractivity contribution in [3.63, 3.8) is 0 Å². The SMILES string of the molecule is Cc1cc(C)nc(Sc2ccc(C(C)O)nc2)n1. The average Bonchev–Trinajstić information content (AvgIpc) is 2.28. The Labute approximate surface area is 111 Å². The lowest BCUT2D eigenvalue weighted by Crippen LogP contribution is -1.95. The summed E-state index contributed by atoms with van der Waals surface area (Å²) in [5.41, 5.74) is 2.58. The standard InChI is InChI=1S/C13H15N3OS/c1-8-6-9(2)16-13(15-8)18-11-4-5-12(10(3)17)14-7-11/h4-7,10,17H,1-3H3. The third kappa shape index (κ3) is 3.27. The molecule has 0 aliphatic rings. The quantitative estimate of drug-likeness (QED) is 0.861. The van der Waals surface area contributed by atoms with Gasteiger partial charge in [-0.3, -0.25) is 4.98 Å². The van der Waals surface area contributed by atoms with Crippen molar-refractivity contribution in [3.8, 4) is 0 Å². The van der Waals surface area contributed by atoms with Gasteiger partial charge in [-0.2, -0.15) is 0 Å². The molecular formula is C13H15N3OS. The second kappa shape index (κ2) is 5.46. The number of hydrogen-bond donors (Lipinski definition) is 1. The maximum absolute atomic E-state index is 9.38. The predicted octanol–water partition coefficient (Wildman–Crippen LogP) is 2.69. The molecule has 1 unspecified atom stereocenters. The highest BCUT2D eigenvalue weighted by Gasteiger charge is 2.05. The van der Waals surface area contributed by atoms with Gasteiger partial charge in [0.15, 0.2) is 5.16 Å². The third-order valence-electron chi connectivity index (χ3n) is 2.36. The van der Waals surface area contributed by atoms with E-state index in [-0.39, 0.29) is 0 Å². The molecule has 0 saturated heterocycles. The molecular weight excluding hydrogens is 246 g/mol. The van der Waals surface area contributed by atoms with Gasteiger partial charge < -0.3 is 5.11 Å². The number of aliphatic hydroxyl groups excluding tert-OH is 1. The molecule has 0 amide bonds. The monoisotopic (exact) mass is 261 g/mol. The summed E-state index contributed by atoms with van der Waals surface area (Å²) >= 11 is 1.47. The van der Waals surface area contributed by atoms with E-state index in [2.05, 4.69) is 15.0 Å². The average molecular weight is 261 g/mol. The van der Waals surface area contributed by atoms with E-state index in [0.717, 1.165) is 21.4 Å². The number of aryl methyl sites for hydroxylation is 2. The van der Waals surface area contributed by atoms with Gasteiger partial charge in [0.05, 0.1) is 11.8 Å². The maximum Gasteiger partial charge on any atom is 0.192 e. The lowest BCUT2D eigenvalue weighted by Gasteiger charge is -2.05. The summed E-state index contributed by atoms with van der Waals surface area (Å²) in [6, 6.07) is 5.68. The normalized spacial score (nSPS) is 12.4. The predicted molar refractivity (Wildman–Crippen MR) is 70.5 cm³/mol. The first-order valence-electron chi connectivity index (χ1n) is 5.69. The van der Waals surface area contributed by atoms with Crippen molar-refractivity contribution in [2.75, 3.05) is 0 Å². The fraction of sp³-hybridized carbons (Fsp3) is 0.308. The molecule has 1 N–H and O–H groups in total. The van der Waals surface area contributed by atoms with Crippen molar-refractivity contribution in [2.45, 2.75) is 36.9 Å². The van der Waals surface area contributed by atoms with Crippen molar-refractivity contribution in [1.82, 2.24) is 15.0 Å². The minimum atomic E-state index is -0.540. The Kier molecular flexibility index (Phi) is 3.93. The molecule has 4 nitrogen and oxygen atoms in total. The molecule has 5 heteroatoms. The maximum atomic E-state index is 9.38. The zero-order valence-corrected chi connectivity index (χ0v) is 11.4. The van der Waals surface area contributed by atoms with E-state index >= 15 is 0 Å². The van der Waals surface area contributed by atoms with Crippen LogP contribution in [-0.2, 0) is 0 Å². The fourth-order valence-electron chi connectivity index (χ4n) is 1.54. The third-order valence-corrected chi connectivity index (χ3v) is 3.20. The smallest absolute Gasteiger partial charge is 0.192 e. The molecule has 0 bridgehead atoms. The summed E-state index contributed by atoms with van der Waals surface area (Å²) in [5.74, 6) is 0. The highest BCUT2D eigenvalue weighted by molar-refractivity contribution is 7.99. The van der Waals surface area contributed by atoms with Crippen molar-refractivity contribution in [2.24, 2.45) is 0 Å². The van der Waals surface area contributed by atoms with E-state index in [9.17, 15) is 5.11 Å². The van der Waals surface area contributed by atoms with Crippen LogP contribution in [-0.4, -0.2) is 20.1 Å². The molecule has 0 saturated carbocycles. The Morgan fingerprint density at radius 1 is 1.17 bits per heavy atom. The van der Waals surface area contributed by atoms with Crippen LogP contribution in [0.2, 0.25) is 0 Å². The first-order chi connectivity index (χ1) is 8.54. The molecule has 2 rings (SSSR count). The van der Waals surface area contributed by atoms with Crippen molar-refractivity contribution >= 4 is 11.8 Å². The Morgan fingerprint density at radius 3 is 2.33 bits per heavy atom. The molecule has 18 heavy (non-hydrogen) atoms. The van der Waals surface area contributed by atoms with Crippen LogP contribution in [0.25, 0.3) is 0 Å². The lowest BCUT2D eigenvalue weighted by molar-refractivity contribution is 0.194. The van der Waals surface area contributed by atoms with Crippen molar-refractivity contribution in [1.29, 1.82) is 0 Å². The van der Waals surface area contributed by atoms with Gasteiger partial charge in [-0.05, 0) is 50.7 Å². The molecule has 2 heterocycles. The van der Waals surface area contributed by atoms with Crippen LogP contribution in [0.1, 0.15) is 30.1 Å². The van der Waals surface area contributed by atoms with Gasteiger partial charge in [0.2, 0.25) is 0 Å². The Hall–Kier alpha value is -1.46.